The molecule has 0 bridgehead atoms. The van der Waals surface area contributed by atoms with Crippen LogP contribution < -0.4 is 0 Å². The monoisotopic (exact) mass is 603 g/mol. The number of aliphatic imine (C=N–C) groups is 1. The molecular formula is C44H33N3. The van der Waals surface area contributed by atoms with Crippen LogP contribution in [0.25, 0.3) is 49.5 Å². The highest BCUT2D eigenvalue weighted by Gasteiger charge is 2.38. The average Bonchev–Trinajstić information content (AvgIpc) is 3.35. The fourth-order valence-corrected chi connectivity index (χ4v) is 7.13. The van der Waals surface area contributed by atoms with Gasteiger partial charge in [0.15, 0.2) is 0 Å². The molecule has 6 aromatic carbocycles. The summed E-state index contributed by atoms with van der Waals surface area (Å²) in [5, 5.41) is 13.6. The molecule has 0 spiro atoms. The van der Waals surface area contributed by atoms with Crippen molar-refractivity contribution in [1.29, 1.82) is 5.41 Å². The Hall–Kier alpha value is -5.93. The van der Waals surface area contributed by atoms with Crippen LogP contribution in [0.2, 0.25) is 0 Å². The molecule has 0 aliphatic heterocycles. The zero-order chi connectivity index (χ0) is 32.0. The summed E-state index contributed by atoms with van der Waals surface area (Å²) in [6, 6.07) is 48.6. The summed E-state index contributed by atoms with van der Waals surface area (Å²) in [6.45, 7) is 4.72. The average molecular weight is 604 g/mol. The lowest BCUT2D eigenvalue weighted by Crippen LogP contribution is -2.16. The quantitative estimate of drug-likeness (QED) is 0.189. The van der Waals surface area contributed by atoms with Crippen LogP contribution in [0.3, 0.4) is 0 Å². The first-order valence-electron chi connectivity index (χ1n) is 16.0. The normalized spacial score (nSPS) is 13.6. The Morgan fingerprint density at radius 2 is 1.32 bits per heavy atom. The second-order valence-electron chi connectivity index (χ2n) is 12.6. The molecule has 0 saturated carbocycles. The lowest BCUT2D eigenvalue weighted by molar-refractivity contribution is 0.663. The molecule has 1 aliphatic rings. The zero-order valence-electron chi connectivity index (χ0n) is 26.4. The van der Waals surface area contributed by atoms with Crippen molar-refractivity contribution < 1.29 is 0 Å². The smallest absolute Gasteiger partial charge is 0.0907 e. The number of allylic oxidation sites excluding steroid dienone is 1. The minimum atomic E-state index is -0.155. The van der Waals surface area contributed by atoms with Gasteiger partial charge in [0, 0.05) is 23.4 Å². The molecule has 1 aromatic heterocycles. The molecule has 0 atom stereocenters. The number of rotatable bonds is 6. The lowest BCUT2D eigenvalue weighted by atomic mass is 9.78. The van der Waals surface area contributed by atoms with E-state index in [2.05, 4.69) is 110 Å². The van der Waals surface area contributed by atoms with Gasteiger partial charge in [-0.1, -0.05) is 129 Å². The third kappa shape index (κ3) is 4.97. The summed E-state index contributed by atoms with van der Waals surface area (Å²) < 4.78 is 0. The summed E-state index contributed by atoms with van der Waals surface area (Å²) in [5.74, 6) is 0. The maximum atomic E-state index is 8.75. The third-order valence-corrected chi connectivity index (χ3v) is 9.42. The molecule has 0 unspecified atom stereocenters. The number of pyridine rings is 1. The predicted molar refractivity (Wildman–Crippen MR) is 198 cm³/mol. The van der Waals surface area contributed by atoms with E-state index in [9.17, 15) is 0 Å². The van der Waals surface area contributed by atoms with Crippen molar-refractivity contribution in [2.24, 2.45) is 4.99 Å². The van der Waals surface area contributed by atoms with E-state index in [1.54, 1.807) is 12.3 Å². The van der Waals surface area contributed by atoms with Crippen molar-refractivity contribution in [3.63, 3.8) is 0 Å². The molecule has 1 aliphatic carbocycles. The summed E-state index contributed by atoms with van der Waals surface area (Å²) >= 11 is 0. The third-order valence-electron chi connectivity index (χ3n) is 9.42. The molecule has 1 N–H and O–H groups in total. The van der Waals surface area contributed by atoms with Crippen LogP contribution in [0, 0.1) is 5.41 Å². The van der Waals surface area contributed by atoms with Crippen LogP contribution in [0.5, 0.6) is 0 Å². The van der Waals surface area contributed by atoms with Crippen molar-refractivity contribution in [2.75, 3.05) is 0 Å². The second kappa shape index (κ2) is 11.5. The number of hydrogen-bond acceptors (Lipinski definition) is 3. The summed E-state index contributed by atoms with van der Waals surface area (Å²) in [4.78, 5) is 9.51. The molecule has 0 radical (unpaired) electrons. The Morgan fingerprint density at radius 1 is 0.638 bits per heavy atom. The van der Waals surface area contributed by atoms with Gasteiger partial charge in [-0.15, -0.1) is 0 Å². The van der Waals surface area contributed by atoms with Crippen LogP contribution in [-0.4, -0.2) is 16.9 Å². The minimum Gasteiger partial charge on any atom is -0.300 e. The number of aromatic nitrogens is 1. The maximum absolute atomic E-state index is 8.75. The van der Waals surface area contributed by atoms with Gasteiger partial charge in [0.1, 0.15) is 0 Å². The Kier molecular flexibility index (Phi) is 6.96. The molecule has 0 saturated heterocycles. The van der Waals surface area contributed by atoms with E-state index in [0.717, 1.165) is 22.2 Å². The highest BCUT2D eigenvalue weighted by atomic mass is 14.8. The standard InChI is InChI=1S/C44H33N3/c1-44(2)39-26-31-16-7-6-15-30(31)25-38(39)37-20-12-19-36(43(37)44)35-23-22-32(33-17-8-9-18-34(33)35)28-47-42(41-21-10-11-24-46-41)27-40(45)29-13-4-3-5-14-29/h3-28,45H,1-2H3/b42-27-,45-40?,47-28?. The molecular weight excluding hydrogens is 571 g/mol. The fourth-order valence-electron chi connectivity index (χ4n) is 7.13. The van der Waals surface area contributed by atoms with E-state index in [-0.39, 0.29) is 5.41 Å². The summed E-state index contributed by atoms with van der Waals surface area (Å²) in [6.07, 6.45) is 5.46. The van der Waals surface area contributed by atoms with E-state index in [4.69, 9.17) is 10.4 Å². The van der Waals surface area contributed by atoms with Crippen molar-refractivity contribution >= 4 is 39.2 Å². The number of nitrogens with zero attached hydrogens (tertiary/aromatic N) is 2. The van der Waals surface area contributed by atoms with Crippen molar-refractivity contribution in [2.45, 2.75) is 19.3 Å². The highest BCUT2D eigenvalue weighted by Crippen LogP contribution is 2.53. The van der Waals surface area contributed by atoms with E-state index < -0.39 is 0 Å². The first kappa shape index (κ1) is 28.5. The first-order chi connectivity index (χ1) is 23.0. The SMILES string of the molecule is CC1(C)c2cc3ccccc3cc2-c2cccc(-c3ccc(C=N/C(=C\C(=N)c4ccccc4)c4ccccn4)c4ccccc34)c21. The molecule has 47 heavy (non-hydrogen) atoms. The summed E-state index contributed by atoms with van der Waals surface area (Å²) in [5.41, 5.74) is 11.3. The summed E-state index contributed by atoms with van der Waals surface area (Å²) in [7, 11) is 0. The lowest BCUT2D eigenvalue weighted by Gasteiger charge is -2.25. The number of nitrogens with one attached hydrogen (secondary N) is 1. The van der Waals surface area contributed by atoms with Gasteiger partial charge in [0.25, 0.3) is 0 Å². The van der Waals surface area contributed by atoms with Gasteiger partial charge in [-0.3, -0.25) is 9.98 Å². The van der Waals surface area contributed by atoms with E-state index >= 15 is 0 Å². The number of hydrogen-bond donors (Lipinski definition) is 1. The fraction of sp³-hybridized carbons (Fsp3) is 0.0682. The topological polar surface area (TPSA) is 49.1 Å². The van der Waals surface area contributed by atoms with Gasteiger partial charge < -0.3 is 5.41 Å². The second-order valence-corrected chi connectivity index (χ2v) is 12.6. The Bertz CT molecular complexity index is 2380. The van der Waals surface area contributed by atoms with Crippen LogP contribution >= 0.6 is 0 Å². The molecule has 7 aromatic rings. The van der Waals surface area contributed by atoms with Crippen LogP contribution in [0.15, 0.2) is 157 Å². The Balaban J connectivity index is 1.24. The molecule has 0 amide bonds. The maximum Gasteiger partial charge on any atom is 0.0907 e. The molecule has 3 nitrogen and oxygen atoms in total. The van der Waals surface area contributed by atoms with Crippen molar-refractivity contribution in [3.05, 3.63) is 180 Å². The largest absolute Gasteiger partial charge is 0.300 e. The van der Waals surface area contributed by atoms with E-state index in [1.165, 1.54) is 49.5 Å². The minimum absolute atomic E-state index is 0.155. The zero-order valence-corrected chi connectivity index (χ0v) is 26.4. The van der Waals surface area contributed by atoms with Crippen molar-refractivity contribution in [1.82, 2.24) is 4.98 Å². The Labute approximate surface area is 275 Å². The number of benzene rings is 6. The van der Waals surface area contributed by atoms with E-state index in [1.807, 2.05) is 54.7 Å². The van der Waals surface area contributed by atoms with Crippen LogP contribution in [-0.2, 0) is 5.41 Å². The van der Waals surface area contributed by atoms with Crippen LogP contribution in [0.4, 0.5) is 0 Å². The van der Waals surface area contributed by atoms with E-state index in [0.29, 0.717) is 11.4 Å². The van der Waals surface area contributed by atoms with Gasteiger partial charge in [0.2, 0.25) is 0 Å². The predicted octanol–water partition coefficient (Wildman–Crippen LogP) is 10.9. The van der Waals surface area contributed by atoms with Gasteiger partial charge in [-0.05, 0) is 90.8 Å². The molecule has 3 heteroatoms. The van der Waals surface area contributed by atoms with Gasteiger partial charge in [0.05, 0.1) is 17.1 Å². The molecule has 8 rings (SSSR count). The Morgan fingerprint density at radius 3 is 2.09 bits per heavy atom. The van der Waals surface area contributed by atoms with Gasteiger partial charge in [-0.2, -0.15) is 0 Å². The van der Waals surface area contributed by atoms with Gasteiger partial charge in [-0.25, -0.2) is 0 Å². The van der Waals surface area contributed by atoms with Crippen LogP contribution in [0.1, 0.15) is 41.8 Å². The van der Waals surface area contributed by atoms with Crippen molar-refractivity contribution in [3.8, 4) is 22.3 Å². The molecule has 224 valence electrons. The number of fused-ring (bicyclic) bond motifs is 5. The first-order valence-corrected chi connectivity index (χ1v) is 16.0. The molecule has 1 heterocycles. The van der Waals surface area contributed by atoms with Gasteiger partial charge >= 0.3 is 0 Å². The highest BCUT2D eigenvalue weighted by molar-refractivity contribution is 6.12. The molecule has 0 fully saturated rings.